The molecule has 8 heteroatoms. The van der Waals surface area contributed by atoms with Gasteiger partial charge in [0, 0.05) is 31.7 Å². The summed E-state index contributed by atoms with van der Waals surface area (Å²) in [5.41, 5.74) is 0.960. The molecule has 0 amide bonds. The summed E-state index contributed by atoms with van der Waals surface area (Å²) < 4.78 is 26.0. The normalized spacial score (nSPS) is 16.9. The molecule has 20 heavy (non-hydrogen) atoms. The summed E-state index contributed by atoms with van der Waals surface area (Å²) in [6.07, 6.45) is 0. The van der Waals surface area contributed by atoms with Crippen LogP contribution in [0.2, 0.25) is 0 Å². The number of hydrogen-bond acceptors (Lipinski definition) is 5. The lowest BCUT2D eigenvalue weighted by molar-refractivity contribution is -0.387. The second-order valence-corrected chi connectivity index (χ2v) is 6.94. The van der Waals surface area contributed by atoms with Crippen LogP contribution in [0.25, 0.3) is 0 Å². The van der Waals surface area contributed by atoms with Crippen LogP contribution in [-0.2, 0) is 10.0 Å². The van der Waals surface area contributed by atoms with Gasteiger partial charge in [0.2, 0.25) is 10.0 Å². The topological polar surface area (TPSA) is 101 Å². The molecule has 0 atom stereocenters. The molecule has 0 saturated carbocycles. The van der Waals surface area contributed by atoms with Crippen molar-refractivity contribution in [1.82, 2.24) is 4.31 Å². The number of benzene rings is 1. The van der Waals surface area contributed by atoms with Crippen molar-refractivity contribution in [2.75, 3.05) is 19.7 Å². The molecule has 2 rings (SSSR count). The van der Waals surface area contributed by atoms with E-state index < -0.39 is 20.6 Å². The molecule has 1 heterocycles. The Morgan fingerprint density at radius 3 is 2.40 bits per heavy atom. The maximum absolute atomic E-state index is 12.4. The standard InChI is InChI=1S/C12H16N2O5S/c1-8-3-11(14(16)17)12(4-9(8)2)20(18,19)13-5-10(6-13)7-15/h3-4,10,15H,5-7H2,1-2H3. The Labute approximate surface area is 117 Å². The van der Waals surface area contributed by atoms with Crippen molar-refractivity contribution in [3.05, 3.63) is 33.4 Å². The highest BCUT2D eigenvalue weighted by atomic mass is 32.2. The number of aliphatic hydroxyl groups excluding tert-OH is 1. The second kappa shape index (κ2) is 5.12. The molecule has 0 unspecified atom stereocenters. The van der Waals surface area contributed by atoms with Crippen LogP contribution in [0.4, 0.5) is 5.69 Å². The number of hydrogen-bond donors (Lipinski definition) is 1. The van der Waals surface area contributed by atoms with Crippen molar-refractivity contribution >= 4 is 15.7 Å². The first-order valence-electron chi connectivity index (χ1n) is 6.14. The first kappa shape index (κ1) is 14.9. The molecule has 1 aliphatic rings. The molecule has 1 N–H and O–H groups in total. The van der Waals surface area contributed by atoms with Gasteiger partial charge in [-0.15, -0.1) is 0 Å². The number of aryl methyl sites for hydroxylation is 2. The highest BCUT2D eigenvalue weighted by Crippen LogP contribution is 2.32. The summed E-state index contributed by atoms with van der Waals surface area (Å²) in [5, 5.41) is 20.0. The second-order valence-electron chi connectivity index (χ2n) is 5.03. The van der Waals surface area contributed by atoms with Crippen LogP contribution in [0.15, 0.2) is 17.0 Å². The maximum atomic E-state index is 12.4. The van der Waals surface area contributed by atoms with Crippen molar-refractivity contribution in [2.24, 2.45) is 5.92 Å². The van der Waals surface area contributed by atoms with Crippen molar-refractivity contribution in [2.45, 2.75) is 18.7 Å². The van der Waals surface area contributed by atoms with Gasteiger partial charge in [0.1, 0.15) is 0 Å². The molecule has 0 radical (unpaired) electrons. The summed E-state index contributed by atoms with van der Waals surface area (Å²) >= 11 is 0. The third-order valence-corrected chi connectivity index (χ3v) is 5.43. The predicted molar refractivity (Wildman–Crippen MR) is 71.9 cm³/mol. The number of nitro benzene ring substituents is 1. The van der Waals surface area contributed by atoms with E-state index in [0.29, 0.717) is 11.1 Å². The van der Waals surface area contributed by atoms with Gasteiger partial charge in [0.15, 0.2) is 4.90 Å². The van der Waals surface area contributed by atoms with Crippen LogP contribution in [0.3, 0.4) is 0 Å². The zero-order valence-corrected chi connectivity index (χ0v) is 12.1. The summed E-state index contributed by atoms with van der Waals surface area (Å²) in [4.78, 5) is 10.1. The SMILES string of the molecule is Cc1cc([N+](=O)[O-])c(S(=O)(=O)N2CC(CO)C2)cc1C. The van der Waals surface area contributed by atoms with Crippen LogP contribution in [0.1, 0.15) is 11.1 Å². The molecule has 0 spiro atoms. The van der Waals surface area contributed by atoms with Gasteiger partial charge in [0.25, 0.3) is 5.69 Å². The minimum atomic E-state index is -3.88. The van der Waals surface area contributed by atoms with Crippen LogP contribution in [-0.4, -0.2) is 42.4 Å². The highest BCUT2D eigenvalue weighted by Gasteiger charge is 2.39. The lowest BCUT2D eigenvalue weighted by atomic mass is 10.1. The average molecular weight is 300 g/mol. The third kappa shape index (κ3) is 2.41. The molecule has 110 valence electrons. The molecule has 1 saturated heterocycles. The van der Waals surface area contributed by atoms with E-state index in [9.17, 15) is 18.5 Å². The fourth-order valence-corrected chi connectivity index (χ4v) is 3.91. The Hall–Kier alpha value is -1.51. The van der Waals surface area contributed by atoms with E-state index in [-0.39, 0.29) is 30.5 Å². The van der Waals surface area contributed by atoms with E-state index in [2.05, 4.69) is 0 Å². The van der Waals surface area contributed by atoms with Gasteiger partial charge in [-0.25, -0.2) is 8.42 Å². The average Bonchev–Trinajstić information content (AvgIpc) is 2.30. The Bertz CT molecular complexity index is 650. The number of sulfonamides is 1. The Kier molecular flexibility index (Phi) is 3.81. The van der Waals surface area contributed by atoms with Gasteiger partial charge in [-0.2, -0.15) is 4.31 Å². The summed E-state index contributed by atoms with van der Waals surface area (Å²) in [7, 11) is -3.88. The smallest absolute Gasteiger partial charge is 0.289 e. The van der Waals surface area contributed by atoms with Crippen molar-refractivity contribution in [1.29, 1.82) is 0 Å². The van der Waals surface area contributed by atoms with E-state index in [4.69, 9.17) is 5.11 Å². The summed E-state index contributed by atoms with van der Waals surface area (Å²) in [6, 6.07) is 2.63. The van der Waals surface area contributed by atoms with Gasteiger partial charge in [-0.1, -0.05) is 0 Å². The fourth-order valence-electron chi connectivity index (χ4n) is 2.10. The third-order valence-electron chi connectivity index (χ3n) is 3.57. The summed E-state index contributed by atoms with van der Waals surface area (Å²) in [5.74, 6) is -0.0876. The minimum absolute atomic E-state index is 0.0823. The number of nitrogens with zero attached hydrogens (tertiary/aromatic N) is 2. The largest absolute Gasteiger partial charge is 0.396 e. The molecule has 0 bridgehead atoms. The van der Waals surface area contributed by atoms with Gasteiger partial charge < -0.3 is 5.11 Å². The first-order valence-corrected chi connectivity index (χ1v) is 7.58. The molecule has 1 aromatic carbocycles. The molecule has 0 aromatic heterocycles. The van der Waals surface area contributed by atoms with Crippen molar-refractivity contribution < 1.29 is 18.4 Å². The Morgan fingerprint density at radius 2 is 1.90 bits per heavy atom. The van der Waals surface area contributed by atoms with E-state index in [1.165, 1.54) is 12.1 Å². The zero-order valence-electron chi connectivity index (χ0n) is 11.2. The van der Waals surface area contributed by atoms with Crippen LogP contribution >= 0.6 is 0 Å². The number of nitro groups is 1. The van der Waals surface area contributed by atoms with Gasteiger partial charge >= 0.3 is 0 Å². The Balaban J connectivity index is 2.46. The predicted octanol–water partition coefficient (Wildman–Crippen LogP) is 0.824. The van der Waals surface area contributed by atoms with Crippen LogP contribution < -0.4 is 0 Å². The first-order chi connectivity index (χ1) is 9.27. The van der Waals surface area contributed by atoms with E-state index >= 15 is 0 Å². The van der Waals surface area contributed by atoms with E-state index in [0.717, 1.165) is 4.31 Å². The molecular formula is C12H16N2O5S. The maximum Gasteiger partial charge on any atom is 0.289 e. The monoisotopic (exact) mass is 300 g/mol. The van der Waals surface area contributed by atoms with Crippen molar-refractivity contribution in [3.63, 3.8) is 0 Å². The lowest BCUT2D eigenvalue weighted by Crippen LogP contribution is -2.51. The molecule has 1 fully saturated rings. The number of aliphatic hydroxyl groups is 1. The molecule has 1 aromatic rings. The molecule has 0 aliphatic carbocycles. The molecular weight excluding hydrogens is 284 g/mol. The molecule has 1 aliphatic heterocycles. The lowest BCUT2D eigenvalue weighted by Gasteiger charge is -2.36. The van der Waals surface area contributed by atoms with Crippen LogP contribution in [0, 0.1) is 29.9 Å². The van der Waals surface area contributed by atoms with Crippen molar-refractivity contribution in [3.8, 4) is 0 Å². The van der Waals surface area contributed by atoms with E-state index in [1.54, 1.807) is 13.8 Å². The zero-order chi connectivity index (χ0) is 15.1. The highest BCUT2D eigenvalue weighted by molar-refractivity contribution is 7.89. The van der Waals surface area contributed by atoms with E-state index in [1.807, 2.05) is 0 Å². The number of rotatable bonds is 4. The van der Waals surface area contributed by atoms with Gasteiger partial charge in [-0.05, 0) is 31.0 Å². The Morgan fingerprint density at radius 1 is 1.35 bits per heavy atom. The van der Waals surface area contributed by atoms with Gasteiger partial charge in [-0.3, -0.25) is 10.1 Å². The van der Waals surface area contributed by atoms with Gasteiger partial charge in [0.05, 0.1) is 4.92 Å². The quantitative estimate of drug-likeness (QED) is 0.655. The minimum Gasteiger partial charge on any atom is -0.396 e. The molecule has 7 nitrogen and oxygen atoms in total. The van der Waals surface area contributed by atoms with Crippen LogP contribution in [0.5, 0.6) is 0 Å². The fraction of sp³-hybridized carbons (Fsp3) is 0.500. The summed E-state index contributed by atoms with van der Waals surface area (Å²) in [6.45, 7) is 3.72.